The number of carbonyl (C=O) groups is 1. The summed E-state index contributed by atoms with van der Waals surface area (Å²) in [5.41, 5.74) is 1.14. The second-order valence-corrected chi connectivity index (χ2v) is 11.3. The van der Waals surface area contributed by atoms with Gasteiger partial charge in [-0.3, -0.25) is 4.79 Å². The van der Waals surface area contributed by atoms with Crippen molar-refractivity contribution in [2.24, 2.45) is 0 Å². The lowest BCUT2D eigenvalue weighted by molar-refractivity contribution is 0.0678. The maximum atomic E-state index is 14.3. The minimum absolute atomic E-state index is 0.0780. The van der Waals surface area contributed by atoms with Gasteiger partial charge in [0.15, 0.2) is 0 Å². The van der Waals surface area contributed by atoms with Gasteiger partial charge in [-0.25, -0.2) is 17.8 Å². The van der Waals surface area contributed by atoms with E-state index in [2.05, 4.69) is 4.98 Å². The molecule has 4 rings (SSSR count). The first-order valence-corrected chi connectivity index (χ1v) is 13.9. The number of nitrogens with zero attached hydrogens (tertiary/aromatic N) is 3. The number of halogens is 1. The van der Waals surface area contributed by atoms with Crippen LogP contribution in [0.3, 0.4) is 0 Å². The number of imidazole rings is 1. The topological polar surface area (TPSA) is 90.7 Å². The lowest BCUT2D eigenvalue weighted by atomic mass is 10.1. The van der Waals surface area contributed by atoms with Crippen LogP contribution in [-0.2, 0) is 33.4 Å². The molecule has 0 radical (unpaired) electrons. The average Bonchev–Trinajstić information content (AvgIpc) is 3.54. The molecular formula is C27H32FN3O5S. The minimum Gasteiger partial charge on any atom is -0.497 e. The summed E-state index contributed by atoms with van der Waals surface area (Å²) in [4.78, 5) is 19.3. The number of sulfone groups is 1. The number of benzene rings is 2. The quantitative estimate of drug-likeness (QED) is 0.390. The highest BCUT2D eigenvalue weighted by atomic mass is 32.2. The van der Waals surface area contributed by atoms with Gasteiger partial charge in [0.1, 0.15) is 11.6 Å². The number of methoxy groups -OCH3 is 1. The molecule has 1 aliphatic heterocycles. The van der Waals surface area contributed by atoms with Crippen LogP contribution in [0, 0.1) is 5.82 Å². The number of ether oxygens (including phenoxy) is 2. The van der Waals surface area contributed by atoms with E-state index in [1.165, 1.54) is 24.4 Å². The van der Waals surface area contributed by atoms with Crippen LogP contribution in [0.2, 0.25) is 0 Å². The molecule has 1 unspecified atom stereocenters. The molecule has 1 amide bonds. The lowest BCUT2D eigenvalue weighted by Gasteiger charge is -2.28. The van der Waals surface area contributed by atoms with Gasteiger partial charge in [-0.1, -0.05) is 18.2 Å². The smallest absolute Gasteiger partial charge is 0.254 e. The molecule has 1 atom stereocenters. The zero-order valence-corrected chi connectivity index (χ0v) is 22.1. The van der Waals surface area contributed by atoms with Crippen molar-refractivity contribution in [3.63, 3.8) is 0 Å². The zero-order valence-electron chi connectivity index (χ0n) is 21.3. The fourth-order valence-electron chi connectivity index (χ4n) is 4.40. The normalized spacial score (nSPS) is 15.8. The Hall–Kier alpha value is -3.24. The number of hydrogen-bond donors (Lipinski definition) is 0. The van der Waals surface area contributed by atoms with Gasteiger partial charge in [0.25, 0.3) is 5.91 Å². The third-order valence-electron chi connectivity index (χ3n) is 6.45. The molecule has 2 aromatic carbocycles. The van der Waals surface area contributed by atoms with Gasteiger partial charge in [-0.05, 0) is 57.0 Å². The van der Waals surface area contributed by atoms with Crippen molar-refractivity contribution in [2.45, 2.75) is 62.8 Å². The zero-order chi connectivity index (χ0) is 26.6. The van der Waals surface area contributed by atoms with Crippen LogP contribution >= 0.6 is 0 Å². The van der Waals surface area contributed by atoms with Crippen LogP contribution in [0.25, 0.3) is 0 Å². The van der Waals surface area contributed by atoms with E-state index in [1.807, 2.05) is 13.8 Å². The van der Waals surface area contributed by atoms with Gasteiger partial charge in [0.2, 0.25) is 15.0 Å². The minimum atomic E-state index is -3.98. The number of amides is 1. The largest absolute Gasteiger partial charge is 0.497 e. The predicted octanol–water partition coefficient (Wildman–Crippen LogP) is 4.23. The second-order valence-electron chi connectivity index (χ2n) is 9.38. The van der Waals surface area contributed by atoms with E-state index in [9.17, 15) is 17.6 Å². The summed E-state index contributed by atoms with van der Waals surface area (Å²) in [6, 6.07) is 12.5. The highest BCUT2D eigenvalue weighted by molar-refractivity contribution is 7.90. The number of carbonyl (C=O) groups excluding carboxylic acids is 1. The highest BCUT2D eigenvalue weighted by Gasteiger charge is 2.29. The van der Waals surface area contributed by atoms with E-state index in [4.69, 9.17) is 9.47 Å². The van der Waals surface area contributed by atoms with Gasteiger partial charge in [-0.2, -0.15) is 0 Å². The molecular weight excluding hydrogens is 497 g/mol. The number of rotatable bonds is 10. The molecule has 1 fully saturated rings. The van der Waals surface area contributed by atoms with Crippen molar-refractivity contribution in [1.82, 2.24) is 14.5 Å². The Morgan fingerprint density at radius 1 is 1.22 bits per heavy atom. The summed E-state index contributed by atoms with van der Waals surface area (Å²) in [5, 5.41) is -0.151. The van der Waals surface area contributed by atoms with Crippen molar-refractivity contribution in [3.05, 3.63) is 77.4 Å². The van der Waals surface area contributed by atoms with E-state index >= 15 is 0 Å². The van der Waals surface area contributed by atoms with Crippen LogP contribution in [-0.4, -0.2) is 54.6 Å². The predicted molar refractivity (Wildman–Crippen MR) is 136 cm³/mol. The van der Waals surface area contributed by atoms with Crippen molar-refractivity contribution < 1.29 is 27.1 Å². The van der Waals surface area contributed by atoms with E-state index in [0.29, 0.717) is 23.6 Å². The van der Waals surface area contributed by atoms with E-state index in [-0.39, 0.29) is 41.9 Å². The molecule has 10 heteroatoms. The van der Waals surface area contributed by atoms with Gasteiger partial charge >= 0.3 is 0 Å². The van der Waals surface area contributed by atoms with Gasteiger partial charge in [0.05, 0.1) is 43.9 Å². The fraction of sp³-hybridized carbons (Fsp3) is 0.407. The summed E-state index contributed by atoms with van der Waals surface area (Å²) >= 11 is 0. The van der Waals surface area contributed by atoms with Crippen LogP contribution in [0.4, 0.5) is 4.39 Å². The molecule has 1 aliphatic rings. The molecule has 0 aliphatic carbocycles. The first-order valence-electron chi connectivity index (χ1n) is 12.3. The number of hydrogen-bond acceptors (Lipinski definition) is 6. The molecule has 1 aromatic heterocycles. The summed E-state index contributed by atoms with van der Waals surface area (Å²) in [7, 11) is -2.42. The molecule has 1 saturated heterocycles. The second kappa shape index (κ2) is 11.4. The molecule has 0 N–H and O–H groups in total. The highest BCUT2D eigenvalue weighted by Crippen LogP contribution is 2.24. The van der Waals surface area contributed by atoms with Crippen molar-refractivity contribution in [2.75, 3.05) is 13.7 Å². The van der Waals surface area contributed by atoms with Crippen LogP contribution in [0.5, 0.6) is 5.75 Å². The standard InChI is InChI=1S/C27H32FN3O5S/c1-19(2)30(26(32)20-10-12-23(35-3)13-11-20)16-22-15-29-27(31(22)17-24-8-6-14-36-24)37(33,34)18-21-7-4-5-9-25(21)28/h4-5,7,9-13,15,19,24H,6,8,14,16-18H2,1-3H3. The van der Waals surface area contributed by atoms with Crippen LogP contribution < -0.4 is 4.74 Å². The van der Waals surface area contributed by atoms with Crippen molar-refractivity contribution >= 4 is 15.7 Å². The Morgan fingerprint density at radius 2 is 1.95 bits per heavy atom. The molecule has 0 bridgehead atoms. The Labute approximate surface area is 216 Å². The Bertz CT molecular complexity index is 1330. The third kappa shape index (κ3) is 6.19. The monoisotopic (exact) mass is 529 g/mol. The van der Waals surface area contributed by atoms with Gasteiger partial charge in [-0.15, -0.1) is 0 Å². The third-order valence-corrected chi connectivity index (χ3v) is 8.02. The van der Waals surface area contributed by atoms with E-state index < -0.39 is 21.4 Å². The summed E-state index contributed by atoms with van der Waals surface area (Å²) < 4.78 is 53.7. The summed E-state index contributed by atoms with van der Waals surface area (Å²) in [6.45, 7) is 4.84. The Kier molecular flexibility index (Phi) is 8.29. The van der Waals surface area contributed by atoms with Crippen LogP contribution in [0.1, 0.15) is 48.3 Å². The number of aromatic nitrogens is 2. The average molecular weight is 530 g/mol. The van der Waals surface area contributed by atoms with E-state index in [0.717, 1.165) is 12.8 Å². The lowest BCUT2D eigenvalue weighted by Crippen LogP contribution is -2.37. The van der Waals surface area contributed by atoms with Crippen LogP contribution in [0.15, 0.2) is 59.9 Å². The SMILES string of the molecule is COc1ccc(C(=O)N(Cc2cnc(S(=O)(=O)Cc3ccccc3F)n2CC2CCCO2)C(C)C)cc1. The van der Waals surface area contributed by atoms with E-state index in [1.54, 1.807) is 46.9 Å². The Morgan fingerprint density at radius 3 is 2.57 bits per heavy atom. The molecule has 198 valence electrons. The summed E-state index contributed by atoms with van der Waals surface area (Å²) in [6.07, 6.45) is 3.00. The summed E-state index contributed by atoms with van der Waals surface area (Å²) in [5.74, 6) is -0.648. The first-order chi connectivity index (χ1) is 17.7. The fourth-order valence-corrected chi connectivity index (χ4v) is 5.91. The molecule has 8 nitrogen and oxygen atoms in total. The molecule has 0 saturated carbocycles. The first kappa shape index (κ1) is 26.8. The maximum absolute atomic E-state index is 14.3. The molecule has 0 spiro atoms. The molecule has 2 heterocycles. The molecule has 37 heavy (non-hydrogen) atoms. The van der Waals surface area contributed by atoms with Gasteiger partial charge < -0.3 is 18.9 Å². The Balaban J connectivity index is 1.67. The van der Waals surface area contributed by atoms with Gasteiger partial charge in [0, 0.05) is 23.8 Å². The van der Waals surface area contributed by atoms with Crippen molar-refractivity contribution in [3.8, 4) is 5.75 Å². The van der Waals surface area contributed by atoms with Crippen molar-refractivity contribution in [1.29, 1.82) is 0 Å². The molecule has 3 aromatic rings. The maximum Gasteiger partial charge on any atom is 0.254 e.